The molecule has 0 atom stereocenters. The summed E-state index contributed by atoms with van der Waals surface area (Å²) in [7, 11) is 1.76. The van der Waals surface area contributed by atoms with Crippen molar-refractivity contribution in [3.8, 4) is 5.75 Å². The summed E-state index contributed by atoms with van der Waals surface area (Å²) >= 11 is 0. The molecule has 0 saturated carbocycles. The number of aryl methyl sites for hydroxylation is 1. The maximum Gasteiger partial charge on any atom is 0.129 e. The van der Waals surface area contributed by atoms with E-state index in [9.17, 15) is 0 Å². The normalized spacial score (nSPS) is 12.1. The molecular weight excluding hydrogens is 208 g/mol. The van der Waals surface area contributed by atoms with Crippen LogP contribution in [0, 0.1) is 6.92 Å². The molecule has 0 heterocycles. The van der Waals surface area contributed by atoms with Crippen LogP contribution in [-0.4, -0.2) is 7.11 Å². The van der Waals surface area contributed by atoms with Gasteiger partial charge in [-0.25, -0.2) is 0 Å². The number of ether oxygens (including phenoxy) is 1. The third-order valence-electron chi connectivity index (χ3n) is 3.43. The highest BCUT2D eigenvalue weighted by Gasteiger charge is 2.24. The van der Waals surface area contributed by atoms with Crippen molar-refractivity contribution in [2.75, 3.05) is 7.11 Å². The van der Waals surface area contributed by atoms with Crippen LogP contribution in [0.1, 0.15) is 50.8 Å². The first-order chi connectivity index (χ1) is 7.96. The van der Waals surface area contributed by atoms with E-state index in [2.05, 4.69) is 52.0 Å². The lowest BCUT2D eigenvalue weighted by atomic mass is 9.80. The van der Waals surface area contributed by atoms with Crippen molar-refractivity contribution in [1.82, 2.24) is 0 Å². The van der Waals surface area contributed by atoms with Crippen molar-refractivity contribution in [1.29, 1.82) is 0 Å². The predicted octanol–water partition coefficient (Wildman–Crippen LogP) is 4.72. The first-order valence-corrected chi connectivity index (χ1v) is 6.28. The Labute approximate surface area is 106 Å². The lowest BCUT2D eigenvalue weighted by molar-refractivity contribution is 0.388. The summed E-state index contributed by atoms with van der Waals surface area (Å²) in [5, 5.41) is 0. The molecule has 17 heavy (non-hydrogen) atoms. The lowest BCUT2D eigenvalue weighted by Gasteiger charge is -2.27. The van der Waals surface area contributed by atoms with Gasteiger partial charge in [0.15, 0.2) is 0 Å². The van der Waals surface area contributed by atoms with Gasteiger partial charge in [-0.05, 0) is 37.3 Å². The van der Waals surface area contributed by atoms with E-state index in [1.165, 1.54) is 16.7 Å². The van der Waals surface area contributed by atoms with E-state index >= 15 is 0 Å². The zero-order valence-electron chi connectivity index (χ0n) is 11.9. The van der Waals surface area contributed by atoms with E-state index in [-0.39, 0.29) is 5.41 Å². The Morgan fingerprint density at radius 1 is 1.29 bits per heavy atom. The molecular formula is C16H24O. The molecule has 0 spiro atoms. The molecule has 0 amide bonds. The molecule has 0 aliphatic carbocycles. The second-order valence-electron chi connectivity index (χ2n) is 5.17. The first-order valence-electron chi connectivity index (χ1n) is 6.28. The Morgan fingerprint density at radius 3 is 2.41 bits per heavy atom. The number of hydrogen-bond donors (Lipinski definition) is 0. The fourth-order valence-corrected chi connectivity index (χ4v) is 2.03. The number of rotatable bonds is 4. The van der Waals surface area contributed by atoms with Crippen LogP contribution in [0.4, 0.5) is 0 Å². The molecule has 1 aromatic carbocycles. The standard InChI is InChI=1S/C16H24O/c1-7-9-13-10-12(3)11-14(15(13)17-6)16(4,5)8-2/h7,9-11H,8H2,1-6H3/b9-7-. The Bertz CT molecular complexity index is 414. The Morgan fingerprint density at radius 2 is 1.94 bits per heavy atom. The van der Waals surface area contributed by atoms with Gasteiger partial charge in [0.2, 0.25) is 0 Å². The maximum atomic E-state index is 5.62. The van der Waals surface area contributed by atoms with Crippen molar-refractivity contribution in [2.45, 2.75) is 46.5 Å². The molecule has 0 saturated heterocycles. The largest absolute Gasteiger partial charge is 0.496 e. The van der Waals surface area contributed by atoms with E-state index in [1.807, 2.05) is 6.92 Å². The average Bonchev–Trinajstić information content (AvgIpc) is 2.29. The summed E-state index contributed by atoms with van der Waals surface area (Å²) in [6.45, 7) is 10.9. The number of hydrogen-bond acceptors (Lipinski definition) is 1. The summed E-state index contributed by atoms with van der Waals surface area (Å²) in [6.07, 6.45) is 5.27. The van der Waals surface area contributed by atoms with Gasteiger partial charge < -0.3 is 4.74 Å². The predicted molar refractivity (Wildman–Crippen MR) is 75.8 cm³/mol. The highest BCUT2D eigenvalue weighted by molar-refractivity contribution is 5.62. The number of allylic oxidation sites excluding steroid dienone is 1. The lowest BCUT2D eigenvalue weighted by Crippen LogP contribution is -2.17. The molecule has 0 unspecified atom stereocenters. The Balaban J connectivity index is 3.48. The zero-order chi connectivity index (χ0) is 13.1. The van der Waals surface area contributed by atoms with E-state index < -0.39 is 0 Å². The zero-order valence-corrected chi connectivity index (χ0v) is 11.9. The van der Waals surface area contributed by atoms with Gasteiger partial charge in [-0.1, -0.05) is 39.0 Å². The summed E-state index contributed by atoms with van der Waals surface area (Å²) in [4.78, 5) is 0. The minimum absolute atomic E-state index is 0.147. The van der Waals surface area contributed by atoms with Gasteiger partial charge in [0.25, 0.3) is 0 Å². The highest BCUT2D eigenvalue weighted by atomic mass is 16.5. The number of methoxy groups -OCH3 is 1. The molecule has 1 nitrogen and oxygen atoms in total. The Hall–Kier alpha value is -1.24. The molecule has 0 N–H and O–H groups in total. The van der Waals surface area contributed by atoms with Gasteiger partial charge in [0.1, 0.15) is 5.75 Å². The fourth-order valence-electron chi connectivity index (χ4n) is 2.03. The molecule has 1 heteroatoms. The minimum Gasteiger partial charge on any atom is -0.496 e. The van der Waals surface area contributed by atoms with Crippen LogP contribution in [0.25, 0.3) is 6.08 Å². The fraction of sp³-hybridized carbons (Fsp3) is 0.500. The summed E-state index contributed by atoms with van der Waals surface area (Å²) in [5.74, 6) is 1.01. The molecule has 0 radical (unpaired) electrons. The summed E-state index contributed by atoms with van der Waals surface area (Å²) in [6, 6.07) is 4.42. The molecule has 1 rings (SSSR count). The van der Waals surface area contributed by atoms with Crippen molar-refractivity contribution < 1.29 is 4.74 Å². The maximum absolute atomic E-state index is 5.62. The van der Waals surface area contributed by atoms with Gasteiger partial charge in [0.05, 0.1) is 7.11 Å². The van der Waals surface area contributed by atoms with Gasteiger partial charge in [-0.2, -0.15) is 0 Å². The van der Waals surface area contributed by atoms with Crippen molar-refractivity contribution in [2.24, 2.45) is 0 Å². The molecule has 0 aliphatic rings. The van der Waals surface area contributed by atoms with Crippen LogP contribution in [0.3, 0.4) is 0 Å². The van der Waals surface area contributed by atoms with E-state index in [4.69, 9.17) is 4.74 Å². The summed E-state index contributed by atoms with van der Waals surface area (Å²) < 4.78 is 5.62. The molecule has 0 aromatic heterocycles. The average molecular weight is 232 g/mol. The molecule has 0 fully saturated rings. The second kappa shape index (κ2) is 5.39. The van der Waals surface area contributed by atoms with Crippen LogP contribution in [0.15, 0.2) is 18.2 Å². The van der Waals surface area contributed by atoms with Crippen molar-refractivity contribution in [3.63, 3.8) is 0 Å². The van der Waals surface area contributed by atoms with Gasteiger partial charge in [-0.3, -0.25) is 0 Å². The van der Waals surface area contributed by atoms with Crippen LogP contribution >= 0.6 is 0 Å². The van der Waals surface area contributed by atoms with Crippen LogP contribution in [-0.2, 0) is 5.41 Å². The smallest absolute Gasteiger partial charge is 0.129 e. The van der Waals surface area contributed by atoms with Crippen molar-refractivity contribution >= 4 is 6.08 Å². The van der Waals surface area contributed by atoms with Crippen molar-refractivity contribution in [3.05, 3.63) is 34.9 Å². The second-order valence-corrected chi connectivity index (χ2v) is 5.17. The monoisotopic (exact) mass is 232 g/mol. The molecule has 0 aliphatic heterocycles. The number of benzene rings is 1. The molecule has 1 aromatic rings. The molecule has 0 bridgehead atoms. The molecule has 94 valence electrons. The van der Waals surface area contributed by atoms with Crippen LogP contribution in [0.5, 0.6) is 5.75 Å². The van der Waals surface area contributed by atoms with Gasteiger partial charge in [-0.15, -0.1) is 0 Å². The minimum atomic E-state index is 0.147. The third-order valence-corrected chi connectivity index (χ3v) is 3.43. The Kier molecular flexibility index (Phi) is 4.39. The SMILES string of the molecule is C/C=C\c1cc(C)cc(C(C)(C)CC)c1OC. The quantitative estimate of drug-likeness (QED) is 0.729. The van der Waals surface area contributed by atoms with Gasteiger partial charge >= 0.3 is 0 Å². The van der Waals surface area contributed by atoms with E-state index in [1.54, 1.807) is 7.11 Å². The van der Waals surface area contributed by atoms with Crippen LogP contribution < -0.4 is 4.74 Å². The van der Waals surface area contributed by atoms with Gasteiger partial charge in [0, 0.05) is 11.1 Å². The highest BCUT2D eigenvalue weighted by Crippen LogP contribution is 2.37. The van der Waals surface area contributed by atoms with E-state index in [0.717, 1.165) is 12.2 Å². The third kappa shape index (κ3) is 2.91. The topological polar surface area (TPSA) is 9.23 Å². The van der Waals surface area contributed by atoms with E-state index in [0.29, 0.717) is 0 Å². The van der Waals surface area contributed by atoms with Crippen LogP contribution in [0.2, 0.25) is 0 Å². The summed E-state index contributed by atoms with van der Waals surface area (Å²) in [5.41, 5.74) is 3.91. The first kappa shape index (κ1) is 13.8.